The standard InChI is InChI=1S/C15H8BrCl2F4NO/c1-3-14(18,19)24-9-6-4-8(5-7-9)10-11(16)12(15(20,21)22)23(2)13(10)17/h1,4-7H,2H3. The van der Waals surface area contributed by atoms with Gasteiger partial charge < -0.3 is 9.30 Å². The Balaban J connectivity index is 2.46. The molecule has 2 rings (SSSR count). The number of rotatable bonds is 3. The molecule has 0 saturated carbocycles. The number of halogens is 7. The van der Waals surface area contributed by atoms with Crippen LogP contribution >= 0.6 is 39.1 Å². The second-order valence-electron chi connectivity index (χ2n) is 4.67. The van der Waals surface area contributed by atoms with Gasteiger partial charge in [-0.3, -0.25) is 0 Å². The van der Waals surface area contributed by atoms with Crippen LogP contribution in [0, 0.1) is 12.3 Å². The Morgan fingerprint density at radius 3 is 2.17 bits per heavy atom. The molecule has 0 aliphatic rings. The van der Waals surface area contributed by atoms with Crippen molar-refractivity contribution in [2.45, 2.75) is 11.5 Å². The molecule has 0 amide bonds. The summed E-state index contributed by atoms with van der Waals surface area (Å²) in [6.45, 7) is 0. The summed E-state index contributed by atoms with van der Waals surface area (Å²) < 4.78 is 58.1. The van der Waals surface area contributed by atoms with E-state index < -0.39 is 17.2 Å². The predicted octanol–water partition coefficient (Wildman–Crippen LogP) is 6.00. The van der Waals surface area contributed by atoms with Crippen molar-refractivity contribution in [2.75, 3.05) is 0 Å². The van der Waals surface area contributed by atoms with E-state index >= 15 is 0 Å². The van der Waals surface area contributed by atoms with Crippen molar-refractivity contribution in [1.82, 2.24) is 4.57 Å². The summed E-state index contributed by atoms with van der Waals surface area (Å²) in [5, 5.41) is -2.92. The smallest absolute Gasteiger partial charge is 0.432 e. The summed E-state index contributed by atoms with van der Waals surface area (Å²) in [6.07, 6.45) is 0.275. The van der Waals surface area contributed by atoms with E-state index in [2.05, 4.69) is 15.9 Å². The number of ether oxygens (including phenoxy) is 1. The molecule has 1 heterocycles. The molecule has 2 aromatic rings. The monoisotopic (exact) mass is 443 g/mol. The topological polar surface area (TPSA) is 14.2 Å². The van der Waals surface area contributed by atoms with E-state index in [4.69, 9.17) is 34.4 Å². The Morgan fingerprint density at radius 1 is 1.21 bits per heavy atom. The van der Waals surface area contributed by atoms with Gasteiger partial charge in [0.15, 0.2) is 0 Å². The van der Waals surface area contributed by atoms with E-state index in [0.717, 1.165) is 4.57 Å². The lowest BCUT2D eigenvalue weighted by atomic mass is 10.1. The van der Waals surface area contributed by atoms with E-state index in [-0.39, 0.29) is 20.9 Å². The number of hydrogen-bond donors (Lipinski definition) is 0. The molecule has 0 aliphatic carbocycles. The third-order valence-corrected chi connectivity index (χ3v) is 4.49. The van der Waals surface area contributed by atoms with Crippen molar-refractivity contribution in [1.29, 1.82) is 0 Å². The number of aromatic nitrogens is 1. The van der Waals surface area contributed by atoms with Crippen molar-refractivity contribution < 1.29 is 22.3 Å². The molecule has 1 aromatic carbocycles. The zero-order valence-electron chi connectivity index (χ0n) is 11.9. The Labute approximate surface area is 153 Å². The number of benzene rings is 1. The lowest BCUT2D eigenvalue weighted by Gasteiger charge is -2.13. The molecule has 0 fully saturated rings. The third-order valence-electron chi connectivity index (χ3n) is 3.09. The van der Waals surface area contributed by atoms with Crippen molar-refractivity contribution in [3.05, 3.63) is 39.6 Å². The van der Waals surface area contributed by atoms with Crippen LogP contribution in [0.4, 0.5) is 17.6 Å². The SMILES string of the molecule is C#CC(F)(Cl)Oc1ccc(-c2c(Br)c(C(F)(F)F)n(C)c2Cl)cc1. The van der Waals surface area contributed by atoms with E-state index in [9.17, 15) is 17.6 Å². The van der Waals surface area contributed by atoms with E-state index in [1.54, 1.807) is 5.92 Å². The summed E-state index contributed by atoms with van der Waals surface area (Å²) in [5.74, 6) is 1.61. The molecule has 128 valence electrons. The van der Waals surface area contributed by atoms with Crippen LogP contribution in [0.15, 0.2) is 28.7 Å². The minimum Gasteiger partial charge on any atom is -0.436 e. The summed E-state index contributed by atoms with van der Waals surface area (Å²) in [5.41, 5.74) is -0.406. The van der Waals surface area contributed by atoms with Gasteiger partial charge in [-0.1, -0.05) is 23.7 Å². The molecule has 1 atom stereocenters. The average molecular weight is 445 g/mol. The summed E-state index contributed by atoms with van der Waals surface area (Å²) in [7, 11) is 1.20. The summed E-state index contributed by atoms with van der Waals surface area (Å²) >= 11 is 14.2. The van der Waals surface area contributed by atoms with Gasteiger partial charge in [-0.25, -0.2) is 0 Å². The third kappa shape index (κ3) is 3.66. The Bertz CT molecular complexity index is 807. The highest BCUT2D eigenvalue weighted by Crippen LogP contribution is 2.45. The van der Waals surface area contributed by atoms with Crippen molar-refractivity contribution >= 4 is 39.1 Å². The van der Waals surface area contributed by atoms with Crippen molar-refractivity contribution in [3.8, 4) is 29.2 Å². The van der Waals surface area contributed by atoms with Gasteiger partial charge in [-0.2, -0.15) is 17.6 Å². The quantitative estimate of drug-likeness (QED) is 0.321. The fraction of sp³-hybridized carbons (Fsp3) is 0.200. The number of hydrogen-bond acceptors (Lipinski definition) is 1. The van der Waals surface area contributed by atoms with Crippen LogP contribution in [0.1, 0.15) is 5.69 Å². The zero-order valence-corrected chi connectivity index (χ0v) is 15.0. The highest BCUT2D eigenvalue weighted by atomic mass is 79.9. The van der Waals surface area contributed by atoms with E-state index in [1.165, 1.54) is 31.3 Å². The van der Waals surface area contributed by atoms with E-state index in [1.807, 2.05) is 0 Å². The van der Waals surface area contributed by atoms with Gasteiger partial charge in [0.25, 0.3) is 0 Å². The van der Waals surface area contributed by atoms with Crippen LogP contribution in [0.3, 0.4) is 0 Å². The molecular formula is C15H8BrCl2F4NO. The molecule has 0 N–H and O–H groups in total. The van der Waals surface area contributed by atoms with Crippen molar-refractivity contribution in [2.24, 2.45) is 7.05 Å². The predicted molar refractivity (Wildman–Crippen MR) is 87.7 cm³/mol. The Hall–Kier alpha value is -1.36. The van der Waals surface area contributed by atoms with Gasteiger partial charge in [-0.05, 0) is 51.1 Å². The minimum atomic E-state index is -4.59. The van der Waals surface area contributed by atoms with Crippen LogP contribution in [0.5, 0.6) is 5.75 Å². The van der Waals surface area contributed by atoms with Gasteiger partial charge in [0.2, 0.25) is 0 Å². The average Bonchev–Trinajstić information content (AvgIpc) is 2.69. The highest BCUT2D eigenvalue weighted by molar-refractivity contribution is 9.10. The van der Waals surface area contributed by atoms with Gasteiger partial charge >= 0.3 is 11.5 Å². The van der Waals surface area contributed by atoms with Crippen molar-refractivity contribution in [3.63, 3.8) is 0 Å². The summed E-state index contributed by atoms with van der Waals surface area (Å²) in [6, 6.07) is 5.44. The fourth-order valence-corrected chi connectivity index (χ4v) is 3.45. The van der Waals surface area contributed by atoms with Crippen LogP contribution in [-0.2, 0) is 13.2 Å². The van der Waals surface area contributed by atoms with Gasteiger partial charge in [0, 0.05) is 12.6 Å². The molecule has 1 unspecified atom stereocenters. The van der Waals surface area contributed by atoms with Crippen LogP contribution < -0.4 is 4.74 Å². The number of alkyl halides is 5. The van der Waals surface area contributed by atoms with Gasteiger partial charge in [0.1, 0.15) is 16.6 Å². The summed E-state index contributed by atoms with van der Waals surface area (Å²) in [4.78, 5) is 0. The first kappa shape index (κ1) is 19.0. The molecule has 24 heavy (non-hydrogen) atoms. The lowest BCUT2D eigenvalue weighted by Crippen LogP contribution is -2.20. The molecule has 0 aliphatic heterocycles. The molecule has 2 nitrogen and oxygen atoms in total. The molecule has 1 aromatic heterocycles. The lowest BCUT2D eigenvalue weighted by molar-refractivity contribution is -0.143. The Kier molecular flexibility index (Phi) is 5.14. The Morgan fingerprint density at radius 2 is 1.75 bits per heavy atom. The number of terminal acetylenes is 1. The largest absolute Gasteiger partial charge is 0.436 e. The zero-order chi connectivity index (χ0) is 18.3. The first-order valence-corrected chi connectivity index (χ1v) is 7.78. The maximum Gasteiger partial charge on any atom is 0.432 e. The molecule has 0 bridgehead atoms. The normalized spacial score (nSPS) is 14.1. The van der Waals surface area contributed by atoms with Gasteiger partial charge in [-0.15, -0.1) is 6.42 Å². The van der Waals surface area contributed by atoms with E-state index in [0.29, 0.717) is 5.56 Å². The van der Waals surface area contributed by atoms with Crippen LogP contribution in [0.25, 0.3) is 11.1 Å². The molecule has 0 radical (unpaired) electrons. The van der Waals surface area contributed by atoms with Gasteiger partial charge in [0.05, 0.1) is 4.47 Å². The second kappa shape index (κ2) is 6.51. The maximum atomic E-state index is 13.4. The van der Waals surface area contributed by atoms with Crippen LogP contribution in [0.2, 0.25) is 5.15 Å². The van der Waals surface area contributed by atoms with Crippen LogP contribution in [-0.4, -0.2) is 9.88 Å². The minimum absolute atomic E-state index is 0.00780. The molecule has 0 spiro atoms. The fourth-order valence-electron chi connectivity index (χ4n) is 2.05. The number of nitrogens with zero attached hydrogens (tertiary/aromatic N) is 1. The molecular weight excluding hydrogens is 437 g/mol. The second-order valence-corrected chi connectivity index (χ2v) is 6.31. The maximum absolute atomic E-state index is 13.4. The highest BCUT2D eigenvalue weighted by Gasteiger charge is 2.39. The molecule has 9 heteroatoms. The molecule has 0 saturated heterocycles. The first-order chi connectivity index (χ1) is 11.0. The first-order valence-electron chi connectivity index (χ1n) is 6.24.